The molecule has 3 aromatic carbocycles. The smallest absolute Gasteiger partial charge is 0.477 e. The summed E-state index contributed by atoms with van der Waals surface area (Å²) >= 11 is 0. The van der Waals surface area contributed by atoms with Gasteiger partial charge in [-0.05, 0) is 66.3 Å². The highest BCUT2D eigenvalue weighted by Gasteiger charge is 2.49. The average molecular weight is 612 g/mol. The SMILES string of the molecule is CCOC1=Nc2cccc(C(=O)O)c2[N+]1(CCOC(=O)OC1CCCCC1)Cc1ccc(-c2ccccc2-c2nnn[nH]2)cc1. The standard InChI is InChI=1S/C33H34N6O6/c1-2-43-32-34-28-14-8-13-27(31(40)41)29(28)39(32,19-20-44-33(42)45-24-9-4-3-5-10-24)21-22-15-17-23(18-16-22)25-11-6-7-12-26(25)30-35-37-38-36-30/h6-8,11-18,24H,2-5,9-10,19-21H2,1H3,(H-,35,36,37,38,40,41)/p+1. The summed E-state index contributed by atoms with van der Waals surface area (Å²) in [6.07, 6.45) is 4.02. The molecule has 0 amide bonds. The number of hydrogen-bond donors (Lipinski definition) is 2. The molecule has 1 aromatic heterocycles. The number of H-pyrrole nitrogens is 1. The van der Waals surface area contributed by atoms with Crippen molar-refractivity contribution in [2.75, 3.05) is 19.8 Å². The molecular formula is C33H35N6O6+. The number of nitrogens with one attached hydrogen (secondary N) is 1. The van der Waals surface area contributed by atoms with Gasteiger partial charge >= 0.3 is 18.1 Å². The van der Waals surface area contributed by atoms with Gasteiger partial charge in [0.2, 0.25) is 0 Å². The molecule has 12 heteroatoms. The van der Waals surface area contributed by atoms with E-state index in [-0.39, 0.29) is 29.3 Å². The summed E-state index contributed by atoms with van der Waals surface area (Å²) in [6, 6.07) is 21.2. The summed E-state index contributed by atoms with van der Waals surface area (Å²) in [5.41, 5.74) is 4.79. The number of aromatic carboxylic acids is 1. The fourth-order valence-corrected chi connectivity index (χ4v) is 6.21. The van der Waals surface area contributed by atoms with Crippen molar-refractivity contribution in [2.24, 2.45) is 4.99 Å². The quantitative estimate of drug-likeness (QED) is 0.156. The molecule has 0 saturated heterocycles. The fraction of sp³-hybridized carbons (Fsp3) is 0.333. The van der Waals surface area contributed by atoms with Crippen molar-refractivity contribution in [1.29, 1.82) is 0 Å². The number of para-hydroxylation sites is 1. The van der Waals surface area contributed by atoms with E-state index in [0.717, 1.165) is 54.4 Å². The molecule has 0 spiro atoms. The van der Waals surface area contributed by atoms with Gasteiger partial charge in [0, 0.05) is 11.1 Å². The number of quaternary nitrogens is 1. The Hall–Kier alpha value is -5.10. The molecule has 2 N–H and O–H groups in total. The Balaban J connectivity index is 1.31. The van der Waals surface area contributed by atoms with Crippen LogP contribution in [0.5, 0.6) is 0 Å². The molecule has 1 aliphatic carbocycles. The second kappa shape index (κ2) is 13.3. The number of carbonyl (C=O) groups is 2. The lowest BCUT2D eigenvalue weighted by Gasteiger charge is -2.34. The van der Waals surface area contributed by atoms with E-state index in [1.54, 1.807) is 18.2 Å². The summed E-state index contributed by atoms with van der Waals surface area (Å²) in [6.45, 7) is 2.66. The van der Waals surface area contributed by atoms with Gasteiger partial charge in [0.05, 0.1) is 6.61 Å². The Morgan fingerprint density at radius 3 is 2.47 bits per heavy atom. The van der Waals surface area contributed by atoms with E-state index in [2.05, 4.69) is 20.6 Å². The highest BCUT2D eigenvalue weighted by molar-refractivity contribution is 6.06. The van der Waals surface area contributed by atoms with Crippen LogP contribution < -0.4 is 4.48 Å². The number of aliphatic imine (C=N–C) groups is 1. The topological polar surface area (TPSA) is 149 Å². The molecule has 6 rings (SSSR count). The first kappa shape index (κ1) is 29.9. The predicted molar refractivity (Wildman–Crippen MR) is 167 cm³/mol. The maximum atomic E-state index is 12.6. The third-order valence-corrected chi connectivity index (χ3v) is 8.28. The molecule has 1 atom stereocenters. The first-order valence-electron chi connectivity index (χ1n) is 15.2. The lowest BCUT2D eigenvalue weighted by atomic mass is 9.98. The first-order valence-corrected chi connectivity index (χ1v) is 15.2. The van der Waals surface area contributed by atoms with E-state index in [1.807, 2.05) is 55.5 Å². The van der Waals surface area contributed by atoms with Crippen molar-refractivity contribution in [3.63, 3.8) is 0 Å². The number of carbonyl (C=O) groups excluding carboxylic acids is 1. The number of amidine groups is 1. The van der Waals surface area contributed by atoms with E-state index in [4.69, 9.17) is 19.2 Å². The van der Waals surface area contributed by atoms with Gasteiger partial charge in [0.25, 0.3) is 0 Å². The van der Waals surface area contributed by atoms with Crippen molar-refractivity contribution in [3.8, 4) is 22.5 Å². The van der Waals surface area contributed by atoms with Crippen LogP contribution in [0.15, 0.2) is 71.7 Å². The number of ether oxygens (including phenoxy) is 3. The van der Waals surface area contributed by atoms with Crippen LogP contribution in [-0.4, -0.2) is 69.7 Å². The second-order valence-electron chi connectivity index (χ2n) is 11.1. The largest absolute Gasteiger partial charge is 0.508 e. The van der Waals surface area contributed by atoms with Crippen LogP contribution in [0.2, 0.25) is 0 Å². The van der Waals surface area contributed by atoms with Crippen LogP contribution in [0.4, 0.5) is 16.2 Å². The van der Waals surface area contributed by atoms with Gasteiger partial charge in [-0.1, -0.05) is 61.0 Å². The Morgan fingerprint density at radius 2 is 1.76 bits per heavy atom. The normalized spacial score (nSPS) is 17.8. The van der Waals surface area contributed by atoms with Crippen molar-refractivity contribution >= 4 is 29.5 Å². The Morgan fingerprint density at radius 1 is 0.978 bits per heavy atom. The zero-order valence-corrected chi connectivity index (χ0v) is 25.0. The number of fused-ring (bicyclic) bond motifs is 1. The number of carboxylic acid groups (broad SMARTS) is 1. The van der Waals surface area contributed by atoms with E-state index < -0.39 is 12.1 Å². The lowest BCUT2D eigenvalue weighted by Crippen LogP contribution is -2.55. The minimum Gasteiger partial charge on any atom is -0.477 e. The monoisotopic (exact) mass is 611 g/mol. The van der Waals surface area contributed by atoms with Gasteiger partial charge in [0.15, 0.2) is 11.5 Å². The predicted octanol–water partition coefficient (Wildman–Crippen LogP) is 6.26. The van der Waals surface area contributed by atoms with E-state index in [0.29, 0.717) is 36.4 Å². The molecule has 232 valence electrons. The summed E-state index contributed by atoms with van der Waals surface area (Å²) in [5.74, 6) is -0.512. The van der Waals surface area contributed by atoms with Crippen LogP contribution in [-0.2, 0) is 20.8 Å². The van der Waals surface area contributed by atoms with Crippen LogP contribution >= 0.6 is 0 Å². The number of aromatic nitrogens is 4. The summed E-state index contributed by atoms with van der Waals surface area (Å²) in [7, 11) is 0. The maximum absolute atomic E-state index is 12.6. The van der Waals surface area contributed by atoms with Gasteiger partial charge < -0.3 is 19.3 Å². The van der Waals surface area contributed by atoms with Gasteiger partial charge in [-0.2, -0.15) is 4.99 Å². The highest BCUT2D eigenvalue weighted by Crippen LogP contribution is 2.45. The summed E-state index contributed by atoms with van der Waals surface area (Å²) < 4.78 is 17.2. The number of hydrogen-bond acceptors (Lipinski definition) is 9. The van der Waals surface area contributed by atoms with Gasteiger partial charge in [0.1, 0.15) is 37.1 Å². The molecule has 2 aliphatic rings. The Labute approximate surface area is 260 Å². The lowest BCUT2D eigenvalue weighted by molar-refractivity contribution is 0.00889. The number of rotatable bonds is 10. The minimum absolute atomic E-state index is 0.0261. The zero-order chi connectivity index (χ0) is 31.2. The highest BCUT2D eigenvalue weighted by atomic mass is 16.7. The minimum atomic E-state index is -1.08. The number of tetrazole rings is 1. The fourth-order valence-electron chi connectivity index (χ4n) is 6.21. The number of aromatic amines is 1. The molecular weight excluding hydrogens is 576 g/mol. The van der Waals surface area contributed by atoms with Gasteiger partial charge in [-0.15, -0.1) is 5.10 Å². The van der Waals surface area contributed by atoms with E-state index in [1.165, 1.54) is 0 Å². The third-order valence-electron chi connectivity index (χ3n) is 8.28. The zero-order valence-electron chi connectivity index (χ0n) is 25.0. The van der Waals surface area contributed by atoms with Crippen molar-refractivity contribution in [3.05, 3.63) is 77.9 Å². The summed E-state index contributed by atoms with van der Waals surface area (Å²) in [5, 5.41) is 24.5. The molecule has 1 saturated carbocycles. The molecule has 1 aliphatic heterocycles. The van der Waals surface area contributed by atoms with Gasteiger partial charge in [-0.25, -0.2) is 19.2 Å². The second-order valence-corrected chi connectivity index (χ2v) is 11.1. The first-order chi connectivity index (χ1) is 22.0. The molecule has 12 nitrogen and oxygen atoms in total. The molecule has 45 heavy (non-hydrogen) atoms. The van der Waals surface area contributed by atoms with Crippen molar-refractivity contribution in [2.45, 2.75) is 51.7 Å². The third kappa shape index (κ3) is 6.27. The maximum Gasteiger partial charge on any atom is 0.508 e. The van der Waals surface area contributed by atoms with E-state index in [9.17, 15) is 14.7 Å². The average Bonchev–Trinajstić information content (AvgIpc) is 3.69. The van der Waals surface area contributed by atoms with Crippen LogP contribution in [0, 0.1) is 0 Å². The molecule has 0 radical (unpaired) electrons. The molecule has 1 unspecified atom stereocenters. The number of carboxylic acids is 1. The van der Waals surface area contributed by atoms with Crippen molar-refractivity contribution in [1.82, 2.24) is 25.1 Å². The van der Waals surface area contributed by atoms with Crippen LogP contribution in [0.3, 0.4) is 0 Å². The van der Waals surface area contributed by atoms with E-state index >= 15 is 0 Å². The Bertz CT molecular complexity index is 1680. The molecule has 2 heterocycles. The molecule has 0 bridgehead atoms. The summed E-state index contributed by atoms with van der Waals surface area (Å²) in [4.78, 5) is 29.9. The molecule has 1 fully saturated rings. The van der Waals surface area contributed by atoms with Crippen LogP contribution in [0.25, 0.3) is 22.5 Å². The Kier molecular flexibility index (Phi) is 8.83. The molecule has 4 aromatic rings. The van der Waals surface area contributed by atoms with Crippen molar-refractivity contribution < 1.29 is 28.9 Å². The van der Waals surface area contributed by atoms with Crippen LogP contribution in [0.1, 0.15) is 54.9 Å². The number of benzene rings is 3. The van der Waals surface area contributed by atoms with Gasteiger partial charge in [-0.3, -0.25) is 0 Å². The number of nitrogens with zero attached hydrogens (tertiary/aromatic N) is 5.